The van der Waals surface area contributed by atoms with E-state index in [1.807, 2.05) is 38.1 Å². The maximum absolute atomic E-state index is 11.7. The molecule has 5 heteroatoms. The molecule has 19 heavy (non-hydrogen) atoms. The Bertz CT molecular complexity index is 597. The van der Waals surface area contributed by atoms with Crippen LogP contribution in [0.4, 0.5) is 11.4 Å². The van der Waals surface area contributed by atoms with Gasteiger partial charge in [-0.3, -0.25) is 9.78 Å². The molecular formula is C14H18N4O. The molecule has 0 bridgehead atoms. The first-order chi connectivity index (χ1) is 9.11. The first-order valence-corrected chi connectivity index (χ1v) is 6.30. The van der Waals surface area contributed by atoms with E-state index in [4.69, 9.17) is 5.73 Å². The third kappa shape index (κ3) is 2.93. The van der Waals surface area contributed by atoms with Gasteiger partial charge in [-0.2, -0.15) is 0 Å². The molecular weight excluding hydrogens is 240 g/mol. The minimum atomic E-state index is -0.303. The van der Waals surface area contributed by atoms with Gasteiger partial charge >= 0.3 is 0 Å². The number of nitrogens with two attached hydrogens (primary N) is 1. The predicted molar refractivity (Wildman–Crippen MR) is 77.9 cm³/mol. The number of carbonyl (C=O) groups excluding carboxylic acids is 1. The van der Waals surface area contributed by atoms with Crippen LogP contribution in [0.3, 0.4) is 0 Å². The Hall–Kier alpha value is -2.30. The van der Waals surface area contributed by atoms with Gasteiger partial charge in [0, 0.05) is 29.5 Å². The van der Waals surface area contributed by atoms with Crippen molar-refractivity contribution in [3.63, 3.8) is 0 Å². The highest BCUT2D eigenvalue weighted by molar-refractivity contribution is 5.94. The second kappa shape index (κ2) is 5.56. The number of pyridine rings is 1. The molecule has 0 saturated heterocycles. The zero-order valence-corrected chi connectivity index (χ0v) is 11.1. The fourth-order valence-electron chi connectivity index (χ4n) is 1.92. The van der Waals surface area contributed by atoms with Crippen molar-refractivity contribution in [2.24, 2.45) is 0 Å². The summed E-state index contributed by atoms with van der Waals surface area (Å²) in [5.74, 6) is -0.0251. The lowest BCUT2D eigenvalue weighted by Gasteiger charge is -2.16. The molecule has 1 atom stereocenters. The number of nitrogens with zero attached hydrogens (tertiary/aromatic N) is 1. The molecule has 0 spiro atoms. The Morgan fingerprint density at radius 3 is 2.95 bits per heavy atom. The number of hydrogen-bond donors (Lipinski definition) is 3. The van der Waals surface area contributed by atoms with Crippen LogP contribution >= 0.6 is 0 Å². The number of anilines is 2. The van der Waals surface area contributed by atoms with Gasteiger partial charge in [0.05, 0.1) is 5.52 Å². The summed E-state index contributed by atoms with van der Waals surface area (Å²) < 4.78 is 0. The number of aromatic nitrogens is 1. The summed E-state index contributed by atoms with van der Waals surface area (Å²) in [4.78, 5) is 16.0. The Kier molecular flexibility index (Phi) is 3.85. The molecule has 1 aromatic heterocycles. The van der Waals surface area contributed by atoms with Gasteiger partial charge in [-0.15, -0.1) is 0 Å². The van der Waals surface area contributed by atoms with Gasteiger partial charge in [-0.1, -0.05) is 0 Å². The van der Waals surface area contributed by atoms with E-state index < -0.39 is 0 Å². The number of carbonyl (C=O) groups is 1. The zero-order chi connectivity index (χ0) is 13.8. The van der Waals surface area contributed by atoms with Crippen LogP contribution < -0.4 is 16.4 Å². The average molecular weight is 258 g/mol. The van der Waals surface area contributed by atoms with E-state index in [0.717, 1.165) is 16.6 Å². The Balaban J connectivity index is 2.28. The standard InChI is InChI=1S/C14H18N4O/c1-3-16-14(19)9(2)18-12-6-7-17-13-8-10(15)4-5-11(12)13/h4-9H,3,15H2,1-2H3,(H,16,19)(H,17,18). The van der Waals surface area contributed by atoms with Crippen molar-refractivity contribution in [3.8, 4) is 0 Å². The molecule has 1 amide bonds. The molecule has 5 nitrogen and oxygen atoms in total. The van der Waals surface area contributed by atoms with Gasteiger partial charge in [0.25, 0.3) is 0 Å². The SMILES string of the molecule is CCNC(=O)C(C)Nc1ccnc2cc(N)ccc12. The van der Waals surface area contributed by atoms with Crippen LogP contribution in [0.2, 0.25) is 0 Å². The summed E-state index contributed by atoms with van der Waals surface area (Å²) in [6.07, 6.45) is 1.70. The third-order valence-electron chi connectivity index (χ3n) is 2.88. The molecule has 0 fully saturated rings. The van der Waals surface area contributed by atoms with Crippen LogP contribution in [0.1, 0.15) is 13.8 Å². The smallest absolute Gasteiger partial charge is 0.242 e. The molecule has 0 aliphatic heterocycles. The number of fused-ring (bicyclic) bond motifs is 1. The summed E-state index contributed by atoms with van der Waals surface area (Å²) in [5, 5.41) is 6.93. The molecule has 1 heterocycles. The van der Waals surface area contributed by atoms with Crippen LogP contribution in [0, 0.1) is 0 Å². The van der Waals surface area contributed by atoms with Crippen LogP contribution in [0.15, 0.2) is 30.5 Å². The predicted octanol–water partition coefficient (Wildman–Crippen LogP) is 1.75. The van der Waals surface area contributed by atoms with Crippen LogP contribution in [0.5, 0.6) is 0 Å². The summed E-state index contributed by atoms with van der Waals surface area (Å²) in [7, 11) is 0. The van der Waals surface area contributed by atoms with Gasteiger partial charge < -0.3 is 16.4 Å². The van der Waals surface area contributed by atoms with Gasteiger partial charge in [-0.25, -0.2) is 0 Å². The lowest BCUT2D eigenvalue weighted by Crippen LogP contribution is -2.37. The number of amides is 1. The molecule has 0 saturated carbocycles. The summed E-state index contributed by atoms with van der Waals surface area (Å²) in [6.45, 7) is 4.35. The van der Waals surface area contributed by atoms with Gasteiger partial charge in [-0.05, 0) is 38.1 Å². The number of likely N-dealkylation sites (N-methyl/N-ethyl adjacent to an activating group) is 1. The summed E-state index contributed by atoms with van der Waals surface area (Å²) >= 11 is 0. The first-order valence-electron chi connectivity index (χ1n) is 6.30. The van der Waals surface area contributed by atoms with Crippen molar-refractivity contribution in [2.75, 3.05) is 17.6 Å². The molecule has 1 aromatic carbocycles. The maximum Gasteiger partial charge on any atom is 0.242 e. The van der Waals surface area contributed by atoms with Crippen LogP contribution in [-0.4, -0.2) is 23.5 Å². The molecule has 1 unspecified atom stereocenters. The van der Waals surface area contributed by atoms with Crippen LogP contribution in [0.25, 0.3) is 10.9 Å². The van der Waals surface area contributed by atoms with E-state index >= 15 is 0 Å². The first kappa shape index (κ1) is 13.1. The minimum Gasteiger partial charge on any atom is -0.399 e. The molecule has 100 valence electrons. The quantitative estimate of drug-likeness (QED) is 0.730. The largest absolute Gasteiger partial charge is 0.399 e. The molecule has 0 aliphatic carbocycles. The van der Waals surface area contributed by atoms with Crippen molar-refractivity contribution in [1.82, 2.24) is 10.3 Å². The Labute approximate surface area is 112 Å². The van der Waals surface area contributed by atoms with E-state index in [1.54, 1.807) is 6.20 Å². The van der Waals surface area contributed by atoms with Crippen molar-refractivity contribution >= 4 is 28.2 Å². The van der Waals surface area contributed by atoms with Gasteiger partial charge in [0.1, 0.15) is 6.04 Å². The minimum absolute atomic E-state index is 0.0251. The Morgan fingerprint density at radius 1 is 1.42 bits per heavy atom. The lowest BCUT2D eigenvalue weighted by atomic mass is 10.1. The Morgan fingerprint density at radius 2 is 2.21 bits per heavy atom. The van der Waals surface area contributed by atoms with Gasteiger partial charge in [0.15, 0.2) is 0 Å². The topological polar surface area (TPSA) is 80.0 Å². The average Bonchev–Trinajstić information content (AvgIpc) is 2.38. The second-order valence-corrected chi connectivity index (χ2v) is 4.40. The molecule has 2 aromatic rings. The highest BCUT2D eigenvalue weighted by atomic mass is 16.2. The van der Waals surface area contributed by atoms with E-state index in [0.29, 0.717) is 12.2 Å². The zero-order valence-electron chi connectivity index (χ0n) is 11.1. The highest BCUT2D eigenvalue weighted by Crippen LogP contribution is 2.23. The highest BCUT2D eigenvalue weighted by Gasteiger charge is 2.12. The van der Waals surface area contributed by atoms with Crippen molar-refractivity contribution in [1.29, 1.82) is 0 Å². The normalized spacial score (nSPS) is 12.1. The second-order valence-electron chi connectivity index (χ2n) is 4.40. The van der Waals surface area contributed by atoms with E-state index in [-0.39, 0.29) is 11.9 Å². The maximum atomic E-state index is 11.7. The van der Waals surface area contributed by atoms with Crippen molar-refractivity contribution < 1.29 is 4.79 Å². The van der Waals surface area contributed by atoms with E-state index in [2.05, 4.69) is 15.6 Å². The third-order valence-corrected chi connectivity index (χ3v) is 2.88. The van der Waals surface area contributed by atoms with E-state index in [1.165, 1.54) is 0 Å². The monoisotopic (exact) mass is 258 g/mol. The lowest BCUT2D eigenvalue weighted by molar-refractivity contribution is -0.121. The molecule has 4 N–H and O–H groups in total. The fourth-order valence-corrected chi connectivity index (χ4v) is 1.92. The number of benzene rings is 1. The molecule has 0 aliphatic rings. The summed E-state index contributed by atoms with van der Waals surface area (Å²) in [5.41, 5.74) is 8.10. The number of nitrogen functional groups attached to an aromatic ring is 1. The van der Waals surface area contributed by atoms with E-state index in [9.17, 15) is 4.79 Å². The van der Waals surface area contributed by atoms with Crippen LogP contribution in [-0.2, 0) is 4.79 Å². The van der Waals surface area contributed by atoms with Crippen molar-refractivity contribution in [3.05, 3.63) is 30.5 Å². The molecule has 0 radical (unpaired) electrons. The van der Waals surface area contributed by atoms with Crippen molar-refractivity contribution in [2.45, 2.75) is 19.9 Å². The fraction of sp³-hybridized carbons (Fsp3) is 0.286. The number of nitrogens with one attached hydrogen (secondary N) is 2. The number of hydrogen-bond acceptors (Lipinski definition) is 4. The summed E-state index contributed by atoms with van der Waals surface area (Å²) in [6, 6.07) is 7.10. The van der Waals surface area contributed by atoms with Gasteiger partial charge in [0.2, 0.25) is 5.91 Å². The number of rotatable bonds is 4. The molecule has 2 rings (SSSR count).